The number of hydrogen-bond acceptors (Lipinski definition) is 3. The van der Waals surface area contributed by atoms with Gasteiger partial charge in [0.2, 0.25) is 5.91 Å². The van der Waals surface area contributed by atoms with Crippen LogP contribution in [-0.4, -0.2) is 32.8 Å². The first-order valence-electron chi connectivity index (χ1n) is 11.0. The zero-order chi connectivity index (χ0) is 23.8. The molecule has 0 radical (unpaired) electrons. The van der Waals surface area contributed by atoms with Crippen LogP contribution in [-0.2, 0) is 30.0 Å². The molecule has 0 spiro atoms. The lowest BCUT2D eigenvalue weighted by Crippen LogP contribution is -2.47. The van der Waals surface area contributed by atoms with Gasteiger partial charge in [-0.2, -0.15) is 0 Å². The van der Waals surface area contributed by atoms with E-state index in [9.17, 15) is 9.59 Å². The summed E-state index contributed by atoms with van der Waals surface area (Å²) in [5.74, 6) is -0.301. The Morgan fingerprint density at radius 2 is 1.64 bits per heavy atom. The number of rotatable bonds is 5. The van der Waals surface area contributed by atoms with Crippen molar-refractivity contribution in [2.75, 3.05) is 5.32 Å². The molecule has 4 aromatic rings. The second-order valence-corrected chi connectivity index (χ2v) is 9.34. The SMILES string of the molecule is Cn1cc(C[C@@H](NC(=O)OC(C)(C)C)C(=O)Nc2cccc3c2ccn3C)c2ccccc21. The minimum Gasteiger partial charge on any atom is -0.444 e. The first-order valence-corrected chi connectivity index (χ1v) is 11.0. The molecule has 0 saturated carbocycles. The van der Waals surface area contributed by atoms with Gasteiger partial charge in [0.1, 0.15) is 11.6 Å². The van der Waals surface area contributed by atoms with E-state index >= 15 is 0 Å². The number of carbonyl (C=O) groups excluding carboxylic acids is 2. The molecule has 2 heterocycles. The minimum atomic E-state index is -0.815. The third kappa shape index (κ3) is 4.87. The van der Waals surface area contributed by atoms with Crippen molar-refractivity contribution in [3.8, 4) is 0 Å². The average molecular weight is 447 g/mol. The maximum Gasteiger partial charge on any atom is 0.408 e. The number of nitrogens with one attached hydrogen (secondary N) is 2. The predicted molar refractivity (Wildman–Crippen MR) is 131 cm³/mol. The molecule has 7 heteroatoms. The zero-order valence-electron chi connectivity index (χ0n) is 19.7. The van der Waals surface area contributed by atoms with Gasteiger partial charge in [-0.1, -0.05) is 24.3 Å². The van der Waals surface area contributed by atoms with Crippen LogP contribution in [0.3, 0.4) is 0 Å². The minimum absolute atomic E-state index is 0.301. The number of fused-ring (bicyclic) bond motifs is 2. The maximum absolute atomic E-state index is 13.4. The maximum atomic E-state index is 13.4. The highest BCUT2D eigenvalue weighted by Crippen LogP contribution is 2.25. The van der Waals surface area contributed by atoms with Crippen LogP contribution >= 0.6 is 0 Å². The number of hydrogen-bond donors (Lipinski definition) is 2. The monoisotopic (exact) mass is 446 g/mol. The Morgan fingerprint density at radius 1 is 0.939 bits per heavy atom. The number of para-hydroxylation sites is 1. The van der Waals surface area contributed by atoms with E-state index in [1.807, 2.05) is 84.2 Å². The Kier molecular flexibility index (Phi) is 5.89. The van der Waals surface area contributed by atoms with Gasteiger partial charge in [-0.05, 0) is 50.6 Å². The van der Waals surface area contributed by atoms with Crippen molar-refractivity contribution in [2.24, 2.45) is 14.1 Å². The highest BCUT2D eigenvalue weighted by Gasteiger charge is 2.26. The fraction of sp³-hybridized carbons (Fsp3) is 0.308. The summed E-state index contributed by atoms with van der Waals surface area (Å²) in [6.07, 6.45) is 3.66. The summed E-state index contributed by atoms with van der Waals surface area (Å²) < 4.78 is 9.46. The van der Waals surface area contributed by atoms with Gasteiger partial charge in [0.25, 0.3) is 0 Å². The summed E-state index contributed by atoms with van der Waals surface area (Å²) in [4.78, 5) is 26.0. The summed E-state index contributed by atoms with van der Waals surface area (Å²) in [6, 6.07) is 14.9. The van der Waals surface area contributed by atoms with Crippen molar-refractivity contribution in [3.05, 3.63) is 66.5 Å². The quantitative estimate of drug-likeness (QED) is 0.465. The Balaban J connectivity index is 1.64. The summed E-state index contributed by atoms with van der Waals surface area (Å²) >= 11 is 0. The molecule has 0 aliphatic heterocycles. The summed E-state index contributed by atoms with van der Waals surface area (Å²) in [6.45, 7) is 5.38. The number of carbonyl (C=O) groups is 2. The van der Waals surface area contributed by atoms with E-state index in [4.69, 9.17) is 4.74 Å². The Hall–Kier alpha value is -3.74. The van der Waals surface area contributed by atoms with Crippen molar-refractivity contribution < 1.29 is 14.3 Å². The van der Waals surface area contributed by atoms with E-state index in [0.29, 0.717) is 12.1 Å². The molecule has 0 aliphatic rings. The molecule has 2 amide bonds. The van der Waals surface area contributed by atoms with Gasteiger partial charge >= 0.3 is 6.09 Å². The van der Waals surface area contributed by atoms with E-state index in [0.717, 1.165) is 27.4 Å². The highest BCUT2D eigenvalue weighted by atomic mass is 16.6. The van der Waals surface area contributed by atoms with Crippen molar-refractivity contribution in [2.45, 2.75) is 38.8 Å². The topological polar surface area (TPSA) is 77.3 Å². The summed E-state index contributed by atoms with van der Waals surface area (Å²) in [5.41, 5.74) is 3.09. The van der Waals surface area contributed by atoms with E-state index in [1.54, 1.807) is 20.8 Å². The Morgan fingerprint density at radius 3 is 2.39 bits per heavy atom. The number of ether oxygens (including phenoxy) is 1. The lowest BCUT2D eigenvalue weighted by atomic mass is 10.0. The van der Waals surface area contributed by atoms with E-state index in [2.05, 4.69) is 10.6 Å². The second-order valence-electron chi connectivity index (χ2n) is 9.34. The van der Waals surface area contributed by atoms with Gasteiger partial charge in [0, 0.05) is 54.7 Å². The van der Waals surface area contributed by atoms with Gasteiger partial charge in [0.15, 0.2) is 0 Å². The van der Waals surface area contributed by atoms with Crippen LogP contribution in [0.25, 0.3) is 21.8 Å². The molecule has 0 fully saturated rings. The molecule has 1 atom stereocenters. The van der Waals surface area contributed by atoms with E-state index in [1.165, 1.54) is 0 Å². The standard InChI is InChI=1S/C26H30N4O3/c1-26(2,3)33-25(32)28-21(15-17-16-30(5)22-11-7-6-9-18(17)22)24(31)27-20-10-8-12-23-19(20)13-14-29(23)4/h6-14,16,21H,15H2,1-5H3,(H,27,31)(H,28,32)/t21-/m1/s1. The smallest absolute Gasteiger partial charge is 0.408 e. The van der Waals surface area contributed by atoms with Crippen molar-refractivity contribution in [1.82, 2.24) is 14.5 Å². The van der Waals surface area contributed by atoms with E-state index < -0.39 is 17.7 Å². The number of aromatic nitrogens is 2. The van der Waals surface area contributed by atoms with Crippen LogP contribution in [0.2, 0.25) is 0 Å². The van der Waals surface area contributed by atoms with Crippen molar-refractivity contribution in [3.63, 3.8) is 0 Å². The van der Waals surface area contributed by atoms with Crippen LogP contribution < -0.4 is 10.6 Å². The van der Waals surface area contributed by atoms with Crippen LogP contribution in [0.5, 0.6) is 0 Å². The van der Waals surface area contributed by atoms with Gasteiger partial charge in [0.05, 0.1) is 5.69 Å². The molecule has 0 aliphatic carbocycles. The summed E-state index contributed by atoms with van der Waals surface area (Å²) in [7, 11) is 3.93. The normalized spacial score (nSPS) is 12.6. The number of amides is 2. The van der Waals surface area contributed by atoms with Gasteiger partial charge in [-0.15, -0.1) is 0 Å². The lowest BCUT2D eigenvalue weighted by molar-refractivity contribution is -0.118. The number of benzene rings is 2. The molecule has 0 saturated heterocycles. The molecule has 4 rings (SSSR count). The number of nitrogens with zero attached hydrogens (tertiary/aromatic N) is 2. The number of alkyl carbamates (subject to hydrolysis) is 1. The molecule has 2 N–H and O–H groups in total. The van der Waals surface area contributed by atoms with Crippen LogP contribution in [0.4, 0.5) is 10.5 Å². The molecule has 2 aromatic heterocycles. The third-order valence-electron chi connectivity index (χ3n) is 5.60. The van der Waals surface area contributed by atoms with Gasteiger partial charge in [-0.3, -0.25) is 4.79 Å². The fourth-order valence-electron chi connectivity index (χ4n) is 4.10. The highest BCUT2D eigenvalue weighted by molar-refractivity contribution is 6.04. The second kappa shape index (κ2) is 8.65. The lowest BCUT2D eigenvalue weighted by Gasteiger charge is -2.23. The fourth-order valence-corrected chi connectivity index (χ4v) is 4.10. The Labute approximate surface area is 193 Å². The first-order chi connectivity index (χ1) is 15.6. The average Bonchev–Trinajstić information content (AvgIpc) is 3.27. The number of aryl methyl sites for hydroxylation is 2. The molecule has 7 nitrogen and oxygen atoms in total. The van der Waals surface area contributed by atoms with Gasteiger partial charge in [-0.25, -0.2) is 4.79 Å². The molecule has 172 valence electrons. The number of anilines is 1. The van der Waals surface area contributed by atoms with Crippen molar-refractivity contribution in [1.29, 1.82) is 0 Å². The first kappa shape index (κ1) is 22.5. The largest absolute Gasteiger partial charge is 0.444 e. The zero-order valence-corrected chi connectivity index (χ0v) is 19.7. The molecular formula is C26H30N4O3. The van der Waals surface area contributed by atoms with E-state index in [-0.39, 0.29) is 5.91 Å². The Bertz CT molecular complexity index is 1330. The van der Waals surface area contributed by atoms with Crippen molar-refractivity contribution >= 4 is 39.5 Å². The molecule has 2 aromatic carbocycles. The molecular weight excluding hydrogens is 416 g/mol. The van der Waals surface area contributed by atoms with Crippen LogP contribution in [0, 0.1) is 0 Å². The predicted octanol–water partition coefficient (Wildman–Crippen LogP) is 4.74. The van der Waals surface area contributed by atoms with Crippen LogP contribution in [0.15, 0.2) is 60.9 Å². The molecule has 0 bridgehead atoms. The van der Waals surface area contributed by atoms with Crippen LogP contribution in [0.1, 0.15) is 26.3 Å². The third-order valence-corrected chi connectivity index (χ3v) is 5.60. The summed E-state index contributed by atoms with van der Waals surface area (Å²) in [5, 5.41) is 7.78. The molecule has 0 unspecified atom stereocenters. The van der Waals surface area contributed by atoms with Gasteiger partial charge < -0.3 is 24.5 Å². The molecule has 33 heavy (non-hydrogen) atoms.